The molecular weight excluding hydrogens is 278 g/mol. The summed E-state index contributed by atoms with van der Waals surface area (Å²) >= 11 is 0. The number of aliphatic hydroxyl groups excluding tert-OH is 1. The lowest BCUT2D eigenvalue weighted by Gasteiger charge is -2.33. The summed E-state index contributed by atoms with van der Waals surface area (Å²) in [5.41, 5.74) is 0.447. The van der Waals surface area contributed by atoms with Crippen LogP contribution in [0.15, 0.2) is 30.3 Å². The Kier molecular flexibility index (Phi) is 4.50. The average molecular weight is 303 g/mol. The Balaban J connectivity index is 1.86. The summed E-state index contributed by atoms with van der Waals surface area (Å²) in [5, 5.41) is 9.84. The van der Waals surface area contributed by atoms with Crippen molar-refractivity contribution in [1.82, 2.24) is 4.90 Å². The molecule has 1 aromatic rings. The number of methoxy groups -OCH3 is 1. The molecule has 0 unspecified atom stereocenters. The van der Waals surface area contributed by atoms with Gasteiger partial charge in [0.25, 0.3) is 0 Å². The first kappa shape index (κ1) is 15.5. The predicted molar refractivity (Wildman–Crippen MR) is 84.2 cm³/mol. The molecule has 2 fully saturated rings. The molecule has 4 nitrogen and oxygen atoms in total. The van der Waals surface area contributed by atoms with E-state index in [0.717, 1.165) is 31.2 Å². The molecule has 1 saturated carbocycles. The topological polar surface area (TPSA) is 49.8 Å². The van der Waals surface area contributed by atoms with Gasteiger partial charge >= 0.3 is 0 Å². The van der Waals surface area contributed by atoms with E-state index in [2.05, 4.69) is 0 Å². The Morgan fingerprint density at radius 1 is 1.32 bits per heavy atom. The molecule has 0 bridgehead atoms. The molecule has 1 aliphatic carbocycles. The van der Waals surface area contributed by atoms with Crippen LogP contribution in [0.2, 0.25) is 0 Å². The molecule has 22 heavy (non-hydrogen) atoms. The van der Waals surface area contributed by atoms with Crippen molar-refractivity contribution >= 4 is 5.91 Å². The van der Waals surface area contributed by atoms with Gasteiger partial charge in [0.1, 0.15) is 5.60 Å². The number of likely N-dealkylation sites (tertiary alicyclic amines) is 1. The monoisotopic (exact) mass is 303 g/mol. The third-order valence-electron chi connectivity index (χ3n) is 5.39. The summed E-state index contributed by atoms with van der Waals surface area (Å²) in [7, 11) is 1.68. The first-order valence-corrected chi connectivity index (χ1v) is 8.21. The Bertz CT molecular complexity index is 512. The summed E-state index contributed by atoms with van der Waals surface area (Å²) in [6.45, 7) is 1.14. The Morgan fingerprint density at radius 2 is 2.00 bits per heavy atom. The summed E-state index contributed by atoms with van der Waals surface area (Å²) in [6.07, 6.45) is 4.32. The number of hydrogen-bond donors (Lipinski definition) is 1. The molecule has 1 aliphatic heterocycles. The lowest BCUT2D eigenvalue weighted by molar-refractivity contribution is -0.135. The molecule has 120 valence electrons. The van der Waals surface area contributed by atoms with Gasteiger partial charge in [-0.25, -0.2) is 0 Å². The second-order valence-corrected chi connectivity index (χ2v) is 6.54. The Morgan fingerprint density at radius 3 is 2.59 bits per heavy atom. The smallest absolute Gasteiger partial charge is 0.225 e. The molecule has 1 amide bonds. The van der Waals surface area contributed by atoms with Crippen molar-refractivity contribution in [3.05, 3.63) is 35.9 Å². The minimum Gasteiger partial charge on any atom is -0.396 e. The zero-order valence-electron chi connectivity index (χ0n) is 13.2. The first-order chi connectivity index (χ1) is 10.7. The van der Waals surface area contributed by atoms with Crippen LogP contribution < -0.4 is 0 Å². The summed E-state index contributed by atoms with van der Waals surface area (Å²) in [4.78, 5) is 14.6. The Labute approximate surface area is 132 Å². The van der Waals surface area contributed by atoms with Crippen molar-refractivity contribution in [1.29, 1.82) is 0 Å². The second kappa shape index (κ2) is 6.39. The first-order valence-electron chi connectivity index (χ1n) is 8.21. The minimum absolute atomic E-state index is 0.0250. The largest absolute Gasteiger partial charge is 0.396 e. The fourth-order valence-electron chi connectivity index (χ4n) is 4.09. The minimum atomic E-state index is -0.593. The number of carbonyl (C=O) groups excluding carboxylic acids is 1. The van der Waals surface area contributed by atoms with Gasteiger partial charge in [-0.1, -0.05) is 43.2 Å². The summed E-state index contributed by atoms with van der Waals surface area (Å²) in [5.74, 6) is 0.332. The zero-order valence-corrected chi connectivity index (χ0v) is 13.2. The van der Waals surface area contributed by atoms with E-state index in [-0.39, 0.29) is 24.3 Å². The van der Waals surface area contributed by atoms with Crippen LogP contribution in [0.5, 0.6) is 0 Å². The average Bonchev–Trinajstić information content (AvgIpc) is 3.23. The van der Waals surface area contributed by atoms with Gasteiger partial charge in [-0.15, -0.1) is 0 Å². The van der Waals surface area contributed by atoms with E-state index in [1.54, 1.807) is 7.11 Å². The van der Waals surface area contributed by atoms with E-state index >= 15 is 0 Å². The van der Waals surface area contributed by atoms with E-state index < -0.39 is 5.60 Å². The second-order valence-electron chi connectivity index (χ2n) is 6.54. The number of aliphatic hydroxyl groups is 1. The van der Waals surface area contributed by atoms with E-state index in [1.165, 1.54) is 0 Å². The molecule has 1 heterocycles. The lowest BCUT2D eigenvalue weighted by Crippen LogP contribution is -2.40. The van der Waals surface area contributed by atoms with Crippen molar-refractivity contribution in [2.24, 2.45) is 11.8 Å². The number of hydrogen-bond acceptors (Lipinski definition) is 3. The number of rotatable bonds is 4. The third kappa shape index (κ3) is 2.55. The molecule has 2 aliphatic rings. The summed E-state index contributed by atoms with van der Waals surface area (Å²) < 4.78 is 5.88. The van der Waals surface area contributed by atoms with Crippen LogP contribution in [0.3, 0.4) is 0 Å². The van der Waals surface area contributed by atoms with E-state index in [1.807, 2.05) is 35.2 Å². The van der Waals surface area contributed by atoms with Crippen LogP contribution in [0, 0.1) is 11.8 Å². The maximum atomic E-state index is 12.7. The Hall–Kier alpha value is -1.39. The van der Waals surface area contributed by atoms with E-state index in [4.69, 9.17) is 4.74 Å². The predicted octanol–water partition coefficient (Wildman–Crippen LogP) is 2.17. The fourth-order valence-corrected chi connectivity index (χ4v) is 4.09. The quantitative estimate of drug-likeness (QED) is 0.927. The van der Waals surface area contributed by atoms with Gasteiger partial charge < -0.3 is 14.7 Å². The van der Waals surface area contributed by atoms with Gasteiger partial charge in [0.15, 0.2) is 0 Å². The molecular formula is C18H25NO3. The lowest BCUT2D eigenvalue weighted by atomic mass is 9.84. The van der Waals surface area contributed by atoms with Gasteiger partial charge in [0, 0.05) is 25.5 Å². The summed E-state index contributed by atoms with van der Waals surface area (Å²) in [6, 6.07) is 9.97. The van der Waals surface area contributed by atoms with Crippen molar-refractivity contribution in [3.8, 4) is 0 Å². The van der Waals surface area contributed by atoms with Gasteiger partial charge in [0.05, 0.1) is 13.2 Å². The highest BCUT2D eigenvalue weighted by atomic mass is 16.5. The van der Waals surface area contributed by atoms with Crippen LogP contribution in [0.25, 0.3) is 0 Å². The molecule has 3 rings (SSSR count). The third-order valence-corrected chi connectivity index (χ3v) is 5.39. The normalized spacial score (nSPS) is 29.2. The van der Waals surface area contributed by atoms with Crippen molar-refractivity contribution < 1.29 is 14.6 Å². The highest BCUT2D eigenvalue weighted by molar-refractivity contribution is 5.79. The number of ether oxygens (including phenoxy) is 1. The van der Waals surface area contributed by atoms with E-state index in [9.17, 15) is 9.90 Å². The van der Waals surface area contributed by atoms with Crippen LogP contribution in [-0.4, -0.2) is 42.7 Å². The molecule has 2 atom stereocenters. The standard InChI is InChI=1S/C18H25NO3/c1-22-18(15-9-3-2-4-10-15)13-19(11-16(18)12-20)17(21)14-7-5-6-8-14/h2-4,9-10,14,16,20H,5-8,11-13H2,1H3/t16-,18+/m1/s1. The van der Waals surface area contributed by atoms with Gasteiger partial charge in [-0.3, -0.25) is 4.79 Å². The molecule has 0 radical (unpaired) electrons. The molecule has 0 spiro atoms. The van der Waals surface area contributed by atoms with Gasteiger partial charge in [0.2, 0.25) is 5.91 Å². The number of carbonyl (C=O) groups is 1. The number of amides is 1. The highest BCUT2D eigenvalue weighted by Gasteiger charge is 2.50. The van der Waals surface area contributed by atoms with Crippen LogP contribution in [0.4, 0.5) is 0 Å². The maximum absolute atomic E-state index is 12.7. The SMILES string of the molecule is CO[C@]1(c2ccccc2)CN(C(=O)C2CCCC2)C[C@@H]1CO. The van der Waals surface area contributed by atoms with Crippen molar-refractivity contribution in [2.75, 3.05) is 26.8 Å². The van der Waals surface area contributed by atoms with Gasteiger partial charge in [-0.05, 0) is 18.4 Å². The molecule has 1 aromatic carbocycles. The highest BCUT2D eigenvalue weighted by Crippen LogP contribution is 2.41. The molecule has 4 heteroatoms. The number of benzene rings is 1. The van der Waals surface area contributed by atoms with Crippen molar-refractivity contribution in [2.45, 2.75) is 31.3 Å². The number of nitrogens with zero attached hydrogens (tertiary/aromatic N) is 1. The maximum Gasteiger partial charge on any atom is 0.225 e. The fraction of sp³-hybridized carbons (Fsp3) is 0.611. The van der Waals surface area contributed by atoms with Crippen LogP contribution in [0.1, 0.15) is 31.2 Å². The van der Waals surface area contributed by atoms with E-state index in [0.29, 0.717) is 13.1 Å². The molecule has 0 aromatic heterocycles. The van der Waals surface area contributed by atoms with Crippen LogP contribution >= 0.6 is 0 Å². The van der Waals surface area contributed by atoms with Crippen molar-refractivity contribution in [3.63, 3.8) is 0 Å². The van der Waals surface area contributed by atoms with Gasteiger partial charge in [-0.2, -0.15) is 0 Å². The molecule has 1 saturated heterocycles. The van der Waals surface area contributed by atoms with Crippen LogP contribution in [-0.2, 0) is 15.1 Å². The molecule has 1 N–H and O–H groups in total. The zero-order chi connectivity index (χ0) is 15.6.